The van der Waals surface area contributed by atoms with Crippen LogP contribution in [-0.2, 0) is 0 Å². The van der Waals surface area contributed by atoms with Gasteiger partial charge in [0.1, 0.15) is 5.75 Å². The molecule has 5 nitrogen and oxygen atoms in total. The number of para-hydroxylation sites is 1. The predicted molar refractivity (Wildman–Crippen MR) is 128 cm³/mol. The highest BCUT2D eigenvalue weighted by Crippen LogP contribution is 2.09. The lowest BCUT2D eigenvalue weighted by molar-refractivity contribution is 0.0955. The summed E-state index contributed by atoms with van der Waals surface area (Å²) >= 11 is 1.70. The zero-order chi connectivity index (χ0) is 21.4. The number of thioether (sulfide) groups is 1. The van der Waals surface area contributed by atoms with E-state index in [2.05, 4.69) is 41.7 Å². The van der Waals surface area contributed by atoms with Crippen molar-refractivity contribution in [3.05, 3.63) is 71.8 Å². The minimum absolute atomic E-state index is 0.204. The van der Waals surface area contributed by atoms with E-state index >= 15 is 0 Å². The molecule has 0 aliphatic carbocycles. The van der Waals surface area contributed by atoms with Crippen LogP contribution in [0, 0.1) is 0 Å². The van der Waals surface area contributed by atoms with E-state index in [4.69, 9.17) is 4.74 Å². The first-order valence-corrected chi connectivity index (χ1v) is 11.3. The van der Waals surface area contributed by atoms with Gasteiger partial charge >= 0.3 is 0 Å². The number of rotatable bonds is 13. The summed E-state index contributed by atoms with van der Waals surface area (Å²) in [6.07, 6.45) is 8.15. The van der Waals surface area contributed by atoms with E-state index in [1.54, 1.807) is 18.0 Å². The van der Waals surface area contributed by atoms with E-state index in [-0.39, 0.29) is 5.91 Å². The zero-order valence-electron chi connectivity index (χ0n) is 17.8. The number of hydrogen-bond donors (Lipinski definition) is 1. The summed E-state index contributed by atoms with van der Waals surface area (Å²) in [4.78, 5) is 14.3. The van der Waals surface area contributed by atoms with Crippen LogP contribution in [0.15, 0.2) is 65.8 Å². The monoisotopic (exact) mass is 425 g/mol. The number of unbranched alkanes of at least 4 members (excludes halogenated alkanes) is 1. The number of ether oxygens (including phenoxy) is 1. The maximum absolute atomic E-state index is 12.1. The molecule has 0 spiro atoms. The van der Waals surface area contributed by atoms with Gasteiger partial charge in [-0.15, -0.1) is 0 Å². The number of nitrogens with zero attached hydrogens (tertiary/aromatic N) is 2. The number of amides is 1. The second-order valence-electron chi connectivity index (χ2n) is 6.96. The van der Waals surface area contributed by atoms with Crippen molar-refractivity contribution in [2.24, 2.45) is 5.10 Å². The van der Waals surface area contributed by atoms with Gasteiger partial charge in [0.15, 0.2) is 0 Å². The van der Waals surface area contributed by atoms with Gasteiger partial charge < -0.3 is 9.64 Å². The van der Waals surface area contributed by atoms with Crippen molar-refractivity contribution >= 4 is 30.0 Å². The van der Waals surface area contributed by atoms with Crippen LogP contribution in [0.2, 0.25) is 0 Å². The Balaban J connectivity index is 1.59. The average Bonchev–Trinajstić information content (AvgIpc) is 2.76. The van der Waals surface area contributed by atoms with Crippen LogP contribution in [0.25, 0.3) is 6.08 Å². The summed E-state index contributed by atoms with van der Waals surface area (Å²) in [6, 6.07) is 17.3. The van der Waals surface area contributed by atoms with Crippen LogP contribution in [-0.4, -0.2) is 55.8 Å². The number of nitrogens with one attached hydrogen (secondary N) is 1. The molecule has 1 amide bonds. The van der Waals surface area contributed by atoms with Gasteiger partial charge in [0.2, 0.25) is 0 Å². The predicted octanol–water partition coefficient (Wildman–Crippen LogP) is 4.57. The number of hydrogen-bond acceptors (Lipinski definition) is 5. The molecule has 160 valence electrons. The molecule has 30 heavy (non-hydrogen) atoms. The summed E-state index contributed by atoms with van der Waals surface area (Å²) in [5.41, 5.74) is 4.26. The van der Waals surface area contributed by atoms with E-state index < -0.39 is 0 Å². The van der Waals surface area contributed by atoms with Gasteiger partial charge in [-0.05, 0) is 63.3 Å². The highest BCUT2D eigenvalue weighted by Gasteiger charge is 2.03. The fourth-order valence-electron chi connectivity index (χ4n) is 2.57. The molecule has 2 rings (SSSR count). The van der Waals surface area contributed by atoms with Crippen LogP contribution in [0.5, 0.6) is 5.75 Å². The molecule has 0 unspecified atom stereocenters. The third-order valence-corrected chi connectivity index (χ3v) is 4.99. The quantitative estimate of drug-likeness (QED) is 0.290. The molecule has 6 heteroatoms. The maximum Gasteiger partial charge on any atom is 0.271 e. The fourth-order valence-corrected chi connectivity index (χ4v) is 3.12. The molecule has 0 fully saturated rings. The molecule has 0 atom stereocenters. The van der Waals surface area contributed by atoms with E-state index in [1.165, 1.54) is 0 Å². The number of carbonyl (C=O) groups is 1. The van der Waals surface area contributed by atoms with Gasteiger partial charge in [-0.1, -0.05) is 42.5 Å². The number of allylic oxidation sites excluding steroid dienone is 1. The topological polar surface area (TPSA) is 53.9 Å². The van der Waals surface area contributed by atoms with Gasteiger partial charge in [-0.3, -0.25) is 4.79 Å². The molecule has 0 radical (unpaired) electrons. The first kappa shape index (κ1) is 23.7. The fraction of sp³-hybridized carbons (Fsp3) is 0.333. The second kappa shape index (κ2) is 14.4. The van der Waals surface area contributed by atoms with Crippen LogP contribution < -0.4 is 10.2 Å². The van der Waals surface area contributed by atoms with Crippen molar-refractivity contribution in [3.63, 3.8) is 0 Å². The van der Waals surface area contributed by atoms with Crippen molar-refractivity contribution in [1.29, 1.82) is 0 Å². The third-order valence-electron chi connectivity index (χ3n) is 4.15. The van der Waals surface area contributed by atoms with E-state index in [1.807, 2.05) is 54.6 Å². The molecule has 0 aromatic heterocycles. The van der Waals surface area contributed by atoms with E-state index in [0.717, 1.165) is 42.2 Å². The standard InChI is InChI=1S/C24H31N3O2S/c1-27(2)17-8-4-5-9-21-12-14-22(15-13-21)24(28)26-25-16-19-30-20-18-29-23-10-6-3-7-11-23/h3,5-7,9-16H,4,8,17-20H2,1-2H3,(H,26,28)/b9-5+,25-16+. The molecule has 0 aliphatic rings. The summed E-state index contributed by atoms with van der Waals surface area (Å²) in [7, 11) is 4.16. The molecule has 0 saturated carbocycles. The zero-order valence-corrected chi connectivity index (χ0v) is 18.6. The lowest BCUT2D eigenvalue weighted by Gasteiger charge is -2.06. The van der Waals surface area contributed by atoms with Crippen molar-refractivity contribution in [2.45, 2.75) is 12.8 Å². The van der Waals surface area contributed by atoms with Crippen molar-refractivity contribution in [2.75, 3.05) is 38.8 Å². The smallest absolute Gasteiger partial charge is 0.271 e. The van der Waals surface area contributed by atoms with E-state index in [0.29, 0.717) is 12.2 Å². The van der Waals surface area contributed by atoms with Gasteiger partial charge in [0.05, 0.1) is 6.61 Å². The molecule has 0 saturated heterocycles. The summed E-state index contributed by atoms with van der Waals surface area (Å²) in [6.45, 7) is 1.73. The second-order valence-corrected chi connectivity index (χ2v) is 8.11. The van der Waals surface area contributed by atoms with Gasteiger partial charge in [-0.2, -0.15) is 16.9 Å². The Hall–Kier alpha value is -2.57. The Morgan fingerprint density at radius 2 is 1.90 bits per heavy atom. The Morgan fingerprint density at radius 1 is 1.13 bits per heavy atom. The average molecular weight is 426 g/mol. The molecule has 2 aromatic carbocycles. The van der Waals surface area contributed by atoms with Gasteiger partial charge in [0, 0.05) is 23.3 Å². The lowest BCUT2D eigenvalue weighted by atomic mass is 10.1. The van der Waals surface area contributed by atoms with Crippen molar-refractivity contribution < 1.29 is 9.53 Å². The first-order chi connectivity index (χ1) is 14.6. The Labute approximate surface area is 184 Å². The van der Waals surface area contributed by atoms with Gasteiger partial charge in [-0.25, -0.2) is 5.43 Å². The summed E-state index contributed by atoms with van der Waals surface area (Å²) in [5, 5.41) is 4.01. The molecular formula is C24H31N3O2S. The number of carbonyl (C=O) groups excluding carboxylic acids is 1. The van der Waals surface area contributed by atoms with Crippen LogP contribution >= 0.6 is 11.8 Å². The molecule has 0 bridgehead atoms. The Morgan fingerprint density at radius 3 is 2.63 bits per heavy atom. The van der Waals surface area contributed by atoms with E-state index in [9.17, 15) is 4.79 Å². The van der Waals surface area contributed by atoms with Crippen molar-refractivity contribution in [1.82, 2.24) is 10.3 Å². The molecular weight excluding hydrogens is 394 g/mol. The largest absolute Gasteiger partial charge is 0.493 e. The minimum Gasteiger partial charge on any atom is -0.493 e. The summed E-state index contributed by atoms with van der Waals surface area (Å²) in [5.74, 6) is 2.25. The summed E-state index contributed by atoms with van der Waals surface area (Å²) < 4.78 is 5.62. The highest BCUT2D eigenvalue weighted by atomic mass is 32.2. The molecule has 0 aliphatic heterocycles. The third kappa shape index (κ3) is 10.3. The molecule has 2 aromatic rings. The van der Waals surface area contributed by atoms with Crippen LogP contribution in [0.4, 0.5) is 0 Å². The normalized spacial score (nSPS) is 11.4. The van der Waals surface area contributed by atoms with Crippen LogP contribution in [0.1, 0.15) is 28.8 Å². The Bertz CT molecular complexity index is 790. The minimum atomic E-state index is -0.204. The molecule has 0 heterocycles. The lowest BCUT2D eigenvalue weighted by Crippen LogP contribution is -2.17. The highest BCUT2D eigenvalue weighted by molar-refractivity contribution is 7.99. The van der Waals surface area contributed by atoms with Crippen LogP contribution in [0.3, 0.4) is 0 Å². The maximum atomic E-state index is 12.1. The number of benzene rings is 2. The Kier molecular flexibility index (Phi) is 11.4. The van der Waals surface area contributed by atoms with Crippen molar-refractivity contribution in [3.8, 4) is 5.75 Å². The SMILES string of the molecule is CN(C)CCC/C=C/c1ccc(C(=O)N/N=C/CSCCOc2ccccc2)cc1. The first-order valence-electron chi connectivity index (χ1n) is 10.1. The molecule has 1 N–H and O–H groups in total. The number of hydrazone groups is 1. The van der Waals surface area contributed by atoms with Gasteiger partial charge in [0.25, 0.3) is 5.91 Å².